The largest absolute Gasteiger partial charge is 0.573 e. The Labute approximate surface area is 173 Å². The summed E-state index contributed by atoms with van der Waals surface area (Å²) in [6, 6.07) is 4.37. The minimum absolute atomic E-state index is 0.00826. The number of nitrogens with one attached hydrogen (secondary N) is 1. The molecule has 0 unspecified atom stereocenters. The maximum atomic E-state index is 12.4. The number of benzene rings is 1. The lowest BCUT2D eigenvalue weighted by atomic mass is 10.0. The van der Waals surface area contributed by atoms with E-state index in [2.05, 4.69) is 10.1 Å². The summed E-state index contributed by atoms with van der Waals surface area (Å²) in [4.78, 5) is 12.0. The maximum Gasteiger partial charge on any atom is 0.573 e. The van der Waals surface area contributed by atoms with Crippen LogP contribution in [0.5, 0.6) is 5.75 Å². The summed E-state index contributed by atoms with van der Waals surface area (Å²) in [6.07, 6.45) is -6.07. The molecule has 0 atom stereocenters. The van der Waals surface area contributed by atoms with Crippen LogP contribution in [0.2, 0.25) is 0 Å². The summed E-state index contributed by atoms with van der Waals surface area (Å²) >= 11 is 0. The average Bonchev–Trinajstić information content (AvgIpc) is 2.53. The van der Waals surface area contributed by atoms with E-state index in [-0.39, 0.29) is 37.4 Å². The van der Waals surface area contributed by atoms with E-state index in [0.717, 1.165) is 12.1 Å². The lowest BCUT2D eigenvalue weighted by Gasteiger charge is -2.37. The molecule has 1 aliphatic heterocycles. The number of piperidine rings is 1. The van der Waals surface area contributed by atoms with E-state index >= 15 is 0 Å². The second kappa shape index (κ2) is 8.60. The molecule has 0 saturated carbocycles. The molecule has 2 N–H and O–H groups in total. The second-order valence-corrected chi connectivity index (χ2v) is 10.2. The van der Waals surface area contributed by atoms with Gasteiger partial charge >= 0.3 is 12.5 Å². The van der Waals surface area contributed by atoms with E-state index in [9.17, 15) is 31.5 Å². The first-order chi connectivity index (χ1) is 13.6. The van der Waals surface area contributed by atoms with E-state index < -0.39 is 39.4 Å². The summed E-state index contributed by atoms with van der Waals surface area (Å²) in [5.74, 6) is -2.35. The number of aliphatic hydroxyl groups is 1. The smallest absolute Gasteiger partial charge is 0.417 e. The molecular formula is C18H25F3N2O6S. The monoisotopic (exact) mass is 454 g/mol. The van der Waals surface area contributed by atoms with Crippen LogP contribution in [0, 0.1) is 5.41 Å². The highest BCUT2D eigenvalue weighted by atomic mass is 32.2. The summed E-state index contributed by atoms with van der Waals surface area (Å²) in [5, 5.41) is 12.7. The van der Waals surface area contributed by atoms with E-state index in [1.807, 2.05) is 0 Å². The Kier molecular flexibility index (Phi) is 6.94. The van der Waals surface area contributed by atoms with E-state index in [1.54, 1.807) is 20.8 Å². The second-order valence-electron chi connectivity index (χ2n) is 8.25. The first kappa shape index (κ1) is 24.2. The molecule has 1 aromatic carbocycles. The topological polar surface area (TPSA) is 105 Å². The van der Waals surface area contributed by atoms with Gasteiger partial charge in [0.25, 0.3) is 0 Å². The number of ether oxygens (including phenoxy) is 2. The predicted octanol–water partition coefficient (Wildman–Crippen LogP) is 3.29. The molecule has 1 fully saturated rings. The fourth-order valence-electron chi connectivity index (χ4n) is 2.91. The van der Waals surface area contributed by atoms with Crippen molar-refractivity contribution in [3.8, 4) is 5.75 Å². The highest BCUT2D eigenvalue weighted by Gasteiger charge is 2.40. The molecule has 0 spiro atoms. The number of carbonyl (C=O) groups excluding carboxylic acids is 1. The van der Waals surface area contributed by atoms with Crippen LogP contribution in [-0.2, 0) is 14.8 Å². The van der Waals surface area contributed by atoms with Crippen LogP contribution < -0.4 is 10.1 Å². The van der Waals surface area contributed by atoms with Gasteiger partial charge in [0.1, 0.15) is 5.75 Å². The molecule has 1 aromatic rings. The third kappa shape index (κ3) is 7.65. The van der Waals surface area contributed by atoms with Crippen LogP contribution >= 0.6 is 0 Å². The van der Waals surface area contributed by atoms with Gasteiger partial charge in [-0.1, -0.05) is 20.8 Å². The number of sulfonamides is 1. The number of rotatable bonds is 5. The van der Waals surface area contributed by atoms with Crippen molar-refractivity contribution < 1.29 is 41.0 Å². The minimum atomic E-state index is -4.83. The molecule has 1 heterocycles. The molecule has 0 aliphatic carbocycles. The number of halogens is 3. The Morgan fingerprint density at radius 1 is 1.17 bits per heavy atom. The normalized spacial score (nSPS) is 18.0. The molecule has 2 rings (SSSR count). The Bertz CT molecular complexity index is 842. The Morgan fingerprint density at radius 3 is 2.17 bits per heavy atom. The molecule has 1 amide bonds. The fourth-order valence-corrected chi connectivity index (χ4v) is 4.93. The van der Waals surface area contributed by atoms with Gasteiger partial charge in [0.2, 0.25) is 15.8 Å². The Morgan fingerprint density at radius 2 is 1.70 bits per heavy atom. The van der Waals surface area contributed by atoms with Crippen LogP contribution in [0.4, 0.5) is 23.7 Å². The third-order valence-electron chi connectivity index (χ3n) is 4.13. The molecule has 170 valence electrons. The van der Waals surface area contributed by atoms with Gasteiger partial charge in [-0.05, 0) is 29.7 Å². The van der Waals surface area contributed by atoms with Gasteiger partial charge in [0.15, 0.2) is 0 Å². The molecular weight excluding hydrogens is 429 g/mol. The molecule has 30 heavy (non-hydrogen) atoms. The van der Waals surface area contributed by atoms with Crippen molar-refractivity contribution in [3.63, 3.8) is 0 Å². The third-order valence-corrected chi connectivity index (χ3v) is 6.51. The van der Waals surface area contributed by atoms with Gasteiger partial charge in [0, 0.05) is 31.6 Å². The number of carbonyl (C=O) groups is 1. The lowest BCUT2D eigenvalue weighted by Crippen LogP contribution is -2.50. The summed E-state index contributed by atoms with van der Waals surface area (Å²) in [7, 11) is -3.51. The SMILES string of the molecule is CC(C)(C)CS(=O)(=O)N1CCC(O)(OC(=O)Nc2ccc(OC(F)(F)F)cc2)CC1. The standard InChI is InChI=1S/C18H25F3N2O6S/c1-16(2,3)12-30(26,27)23-10-8-17(25,9-11-23)29-15(24)22-13-4-6-14(7-5-13)28-18(19,20)21/h4-7,25H,8-12H2,1-3H3,(H,22,24). The zero-order valence-corrected chi connectivity index (χ0v) is 17.6. The van der Waals surface area contributed by atoms with E-state index in [1.165, 1.54) is 16.4 Å². The molecule has 0 radical (unpaired) electrons. The summed E-state index contributed by atoms with van der Waals surface area (Å²) < 4.78 is 71.4. The number of alkyl halides is 3. The van der Waals surface area contributed by atoms with Crippen LogP contribution in [0.25, 0.3) is 0 Å². The fraction of sp³-hybridized carbons (Fsp3) is 0.611. The van der Waals surface area contributed by atoms with Gasteiger partial charge in [-0.3, -0.25) is 5.32 Å². The van der Waals surface area contributed by atoms with Crippen LogP contribution in [0.1, 0.15) is 33.6 Å². The highest BCUT2D eigenvalue weighted by Crippen LogP contribution is 2.28. The lowest BCUT2D eigenvalue weighted by molar-refractivity contribution is -0.274. The molecule has 0 bridgehead atoms. The summed E-state index contributed by atoms with van der Waals surface area (Å²) in [5.41, 5.74) is -0.299. The van der Waals surface area contributed by atoms with Crippen molar-refractivity contribution in [1.29, 1.82) is 0 Å². The zero-order chi connectivity index (χ0) is 22.8. The highest BCUT2D eigenvalue weighted by molar-refractivity contribution is 7.89. The van der Waals surface area contributed by atoms with Gasteiger partial charge in [-0.2, -0.15) is 0 Å². The quantitative estimate of drug-likeness (QED) is 0.662. The maximum absolute atomic E-state index is 12.4. The van der Waals surface area contributed by atoms with Gasteiger partial charge < -0.3 is 14.6 Å². The predicted molar refractivity (Wildman–Crippen MR) is 102 cm³/mol. The minimum Gasteiger partial charge on any atom is -0.417 e. The number of anilines is 1. The van der Waals surface area contributed by atoms with Crippen LogP contribution in [0.3, 0.4) is 0 Å². The van der Waals surface area contributed by atoms with Gasteiger partial charge in [0.05, 0.1) is 5.75 Å². The number of nitrogens with zero attached hydrogens (tertiary/aromatic N) is 1. The first-order valence-electron chi connectivity index (χ1n) is 9.13. The first-order valence-corrected chi connectivity index (χ1v) is 10.7. The van der Waals surface area contributed by atoms with Gasteiger partial charge in [-0.15, -0.1) is 13.2 Å². The number of hydrogen-bond acceptors (Lipinski definition) is 6. The summed E-state index contributed by atoms with van der Waals surface area (Å²) in [6.45, 7) is 5.40. The average molecular weight is 454 g/mol. The van der Waals surface area contributed by atoms with Crippen molar-refractivity contribution in [3.05, 3.63) is 24.3 Å². The van der Waals surface area contributed by atoms with E-state index in [4.69, 9.17) is 4.74 Å². The van der Waals surface area contributed by atoms with Crippen molar-refractivity contribution in [2.24, 2.45) is 5.41 Å². The molecule has 8 nitrogen and oxygen atoms in total. The van der Waals surface area contributed by atoms with Crippen LogP contribution in [0.15, 0.2) is 24.3 Å². The molecule has 0 aromatic heterocycles. The Hall–Kier alpha value is -2.05. The molecule has 1 aliphatic rings. The van der Waals surface area contributed by atoms with Crippen molar-refractivity contribution >= 4 is 21.8 Å². The molecule has 1 saturated heterocycles. The van der Waals surface area contributed by atoms with E-state index in [0.29, 0.717) is 0 Å². The zero-order valence-electron chi connectivity index (χ0n) is 16.8. The Balaban J connectivity index is 1.89. The van der Waals surface area contributed by atoms with Crippen molar-refractivity contribution in [2.75, 3.05) is 24.2 Å². The van der Waals surface area contributed by atoms with Crippen molar-refractivity contribution in [2.45, 2.75) is 45.8 Å². The number of amides is 1. The van der Waals surface area contributed by atoms with Crippen molar-refractivity contribution in [1.82, 2.24) is 4.31 Å². The van der Waals surface area contributed by atoms with Gasteiger partial charge in [-0.25, -0.2) is 17.5 Å². The number of hydrogen-bond donors (Lipinski definition) is 2. The molecule has 12 heteroatoms. The van der Waals surface area contributed by atoms with Crippen LogP contribution in [-0.4, -0.2) is 54.9 Å².